The van der Waals surface area contributed by atoms with Crippen molar-refractivity contribution < 1.29 is 14.7 Å². The summed E-state index contributed by atoms with van der Waals surface area (Å²) in [5, 5.41) is 11.9. The first-order chi connectivity index (χ1) is 10.0. The topological polar surface area (TPSA) is 66.4 Å². The van der Waals surface area contributed by atoms with E-state index >= 15 is 0 Å². The monoisotopic (exact) mass is 303 g/mol. The number of thiophene rings is 1. The Bertz CT molecular complexity index is 649. The minimum atomic E-state index is -1.07. The van der Waals surface area contributed by atoms with Gasteiger partial charge in [-0.1, -0.05) is 37.3 Å². The predicted octanol–water partition coefficient (Wildman–Crippen LogP) is 3.17. The molecule has 0 bridgehead atoms. The summed E-state index contributed by atoms with van der Waals surface area (Å²) >= 11 is 1.41. The average molecular weight is 303 g/mol. The second-order valence-electron chi connectivity index (χ2n) is 4.73. The Labute approximate surface area is 127 Å². The summed E-state index contributed by atoms with van der Waals surface area (Å²) in [4.78, 5) is 25.3. The van der Waals surface area contributed by atoms with Crippen molar-refractivity contribution in [1.82, 2.24) is 5.32 Å². The van der Waals surface area contributed by atoms with Crippen LogP contribution in [0.25, 0.3) is 0 Å². The van der Waals surface area contributed by atoms with Gasteiger partial charge in [-0.15, -0.1) is 11.3 Å². The van der Waals surface area contributed by atoms with Gasteiger partial charge in [0, 0.05) is 4.88 Å². The van der Waals surface area contributed by atoms with E-state index in [4.69, 9.17) is 0 Å². The SMILES string of the molecule is CCc1sc(C(=O)NC(C(=O)O)c2ccccc2)cc1C. The molecule has 1 heterocycles. The number of aryl methyl sites for hydroxylation is 2. The van der Waals surface area contributed by atoms with E-state index in [1.807, 2.05) is 19.9 Å². The molecule has 0 aliphatic carbocycles. The number of carboxylic acid groups (broad SMARTS) is 1. The summed E-state index contributed by atoms with van der Waals surface area (Å²) in [6.45, 7) is 3.99. The zero-order valence-corrected chi connectivity index (χ0v) is 12.7. The van der Waals surface area contributed by atoms with Gasteiger partial charge < -0.3 is 10.4 Å². The lowest BCUT2D eigenvalue weighted by Crippen LogP contribution is -2.33. The van der Waals surface area contributed by atoms with E-state index in [0.29, 0.717) is 10.4 Å². The normalized spacial score (nSPS) is 11.9. The lowest BCUT2D eigenvalue weighted by atomic mass is 10.1. The molecule has 1 atom stereocenters. The van der Waals surface area contributed by atoms with Crippen LogP contribution in [0.1, 0.15) is 38.6 Å². The third-order valence-corrected chi connectivity index (χ3v) is 4.60. The molecule has 1 aromatic carbocycles. The maximum absolute atomic E-state index is 12.3. The molecule has 4 nitrogen and oxygen atoms in total. The molecule has 0 fully saturated rings. The van der Waals surface area contributed by atoms with Gasteiger partial charge in [0.2, 0.25) is 0 Å². The Morgan fingerprint density at radius 2 is 1.95 bits per heavy atom. The van der Waals surface area contributed by atoms with Crippen LogP contribution in [-0.4, -0.2) is 17.0 Å². The third-order valence-electron chi connectivity index (χ3n) is 3.22. The zero-order chi connectivity index (χ0) is 15.4. The Morgan fingerprint density at radius 1 is 1.29 bits per heavy atom. The average Bonchev–Trinajstić information content (AvgIpc) is 2.86. The van der Waals surface area contributed by atoms with Crippen molar-refractivity contribution in [2.45, 2.75) is 26.3 Å². The minimum absolute atomic E-state index is 0.348. The Balaban J connectivity index is 2.21. The molecule has 110 valence electrons. The summed E-state index contributed by atoms with van der Waals surface area (Å²) in [6, 6.07) is 9.46. The highest BCUT2D eigenvalue weighted by Gasteiger charge is 2.23. The van der Waals surface area contributed by atoms with E-state index in [1.54, 1.807) is 30.3 Å². The van der Waals surface area contributed by atoms with Gasteiger partial charge in [-0.25, -0.2) is 4.79 Å². The van der Waals surface area contributed by atoms with Gasteiger partial charge >= 0.3 is 5.97 Å². The fourth-order valence-corrected chi connectivity index (χ4v) is 3.14. The molecule has 21 heavy (non-hydrogen) atoms. The van der Waals surface area contributed by atoms with Crippen LogP contribution in [0.2, 0.25) is 0 Å². The number of amides is 1. The molecule has 1 aromatic heterocycles. The van der Waals surface area contributed by atoms with Gasteiger partial charge in [0.1, 0.15) is 0 Å². The highest BCUT2D eigenvalue weighted by atomic mass is 32.1. The molecule has 2 N–H and O–H groups in total. The van der Waals surface area contributed by atoms with E-state index in [9.17, 15) is 14.7 Å². The first-order valence-corrected chi connectivity index (χ1v) is 7.52. The number of benzene rings is 1. The van der Waals surface area contributed by atoms with Crippen LogP contribution in [-0.2, 0) is 11.2 Å². The number of carbonyl (C=O) groups excluding carboxylic acids is 1. The van der Waals surface area contributed by atoms with Crippen molar-refractivity contribution in [3.05, 3.63) is 57.3 Å². The van der Waals surface area contributed by atoms with Crippen LogP contribution in [0.4, 0.5) is 0 Å². The van der Waals surface area contributed by atoms with E-state index < -0.39 is 12.0 Å². The molecule has 0 aliphatic heterocycles. The zero-order valence-electron chi connectivity index (χ0n) is 11.9. The van der Waals surface area contributed by atoms with Gasteiger partial charge in [-0.3, -0.25) is 4.79 Å². The second kappa shape index (κ2) is 6.54. The number of nitrogens with one attached hydrogen (secondary N) is 1. The fraction of sp³-hybridized carbons (Fsp3) is 0.250. The molecular formula is C16H17NO3S. The standard InChI is InChI=1S/C16H17NO3S/c1-3-12-10(2)9-13(21-12)15(18)17-14(16(19)20)11-7-5-4-6-8-11/h4-9,14H,3H2,1-2H3,(H,17,18)(H,19,20). The molecule has 1 amide bonds. The van der Waals surface area contributed by atoms with Crippen LogP contribution in [0.3, 0.4) is 0 Å². The Kier molecular flexibility index (Phi) is 4.75. The van der Waals surface area contributed by atoms with Crippen molar-refractivity contribution in [3.63, 3.8) is 0 Å². The number of hydrogen-bond donors (Lipinski definition) is 2. The number of carbonyl (C=O) groups is 2. The van der Waals surface area contributed by atoms with E-state index in [1.165, 1.54) is 11.3 Å². The van der Waals surface area contributed by atoms with E-state index in [2.05, 4.69) is 5.32 Å². The van der Waals surface area contributed by atoms with Crippen molar-refractivity contribution in [2.24, 2.45) is 0 Å². The number of hydrogen-bond acceptors (Lipinski definition) is 3. The molecule has 2 rings (SSSR count). The molecule has 0 saturated heterocycles. The lowest BCUT2D eigenvalue weighted by molar-refractivity contribution is -0.139. The van der Waals surface area contributed by atoms with Gasteiger partial charge in [-0.05, 0) is 30.5 Å². The first kappa shape index (κ1) is 15.3. The van der Waals surface area contributed by atoms with E-state index in [-0.39, 0.29) is 5.91 Å². The molecule has 2 aromatic rings. The molecule has 5 heteroatoms. The van der Waals surface area contributed by atoms with Gasteiger partial charge in [0.25, 0.3) is 5.91 Å². The highest BCUT2D eigenvalue weighted by molar-refractivity contribution is 7.14. The van der Waals surface area contributed by atoms with Crippen LogP contribution < -0.4 is 5.32 Å². The summed E-state index contributed by atoms with van der Waals surface area (Å²) in [5.41, 5.74) is 1.63. The molecule has 0 aliphatic rings. The van der Waals surface area contributed by atoms with Crippen molar-refractivity contribution in [3.8, 4) is 0 Å². The molecule has 0 saturated carbocycles. The van der Waals surface area contributed by atoms with Crippen LogP contribution in [0, 0.1) is 6.92 Å². The number of aliphatic carboxylic acids is 1. The first-order valence-electron chi connectivity index (χ1n) is 6.70. The predicted molar refractivity (Wildman–Crippen MR) is 82.7 cm³/mol. The van der Waals surface area contributed by atoms with Crippen molar-refractivity contribution in [1.29, 1.82) is 0 Å². The smallest absolute Gasteiger partial charge is 0.330 e. The molecule has 0 radical (unpaired) electrons. The quantitative estimate of drug-likeness (QED) is 0.891. The Hall–Kier alpha value is -2.14. The van der Waals surface area contributed by atoms with E-state index in [0.717, 1.165) is 16.9 Å². The maximum Gasteiger partial charge on any atom is 0.330 e. The highest BCUT2D eigenvalue weighted by Crippen LogP contribution is 2.23. The number of carboxylic acids is 1. The summed E-state index contributed by atoms with van der Waals surface area (Å²) in [7, 11) is 0. The second-order valence-corrected chi connectivity index (χ2v) is 5.86. The van der Waals surface area contributed by atoms with Crippen LogP contribution in [0.5, 0.6) is 0 Å². The van der Waals surface area contributed by atoms with Crippen molar-refractivity contribution in [2.75, 3.05) is 0 Å². The fourth-order valence-electron chi connectivity index (χ4n) is 2.12. The van der Waals surface area contributed by atoms with Gasteiger partial charge in [-0.2, -0.15) is 0 Å². The van der Waals surface area contributed by atoms with Crippen molar-refractivity contribution >= 4 is 23.2 Å². The summed E-state index contributed by atoms with van der Waals surface area (Å²) in [5.74, 6) is -1.42. The summed E-state index contributed by atoms with van der Waals surface area (Å²) in [6.07, 6.45) is 0.866. The van der Waals surface area contributed by atoms with Gasteiger partial charge in [0.05, 0.1) is 4.88 Å². The molecule has 1 unspecified atom stereocenters. The van der Waals surface area contributed by atoms with Gasteiger partial charge in [0.15, 0.2) is 6.04 Å². The third kappa shape index (κ3) is 3.49. The van der Waals surface area contributed by atoms with Crippen LogP contribution in [0.15, 0.2) is 36.4 Å². The number of rotatable bonds is 5. The van der Waals surface area contributed by atoms with Crippen LogP contribution >= 0.6 is 11.3 Å². The molecule has 0 spiro atoms. The molecular weight excluding hydrogens is 286 g/mol. The Morgan fingerprint density at radius 3 is 2.48 bits per heavy atom. The minimum Gasteiger partial charge on any atom is -0.479 e. The lowest BCUT2D eigenvalue weighted by Gasteiger charge is -2.14. The summed E-state index contributed by atoms with van der Waals surface area (Å²) < 4.78 is 0. The maximum atomic E-state index is 12.3. The largest absolute Gasteiger partial charge is 0.479 e.